The molecule has 0 saturated carbocycles. The zero-order chi connectivity index (χ0) is 15.1. The van der Waals surface area contributed by atoms with Gasteiger partial charge < -0.3 is 10.5 Å². The number of rotatable bonds is 7. The van der Waals surface area contributed by atoms with Gasteiger partial charge in [0.2, 0.25) is 0 Å². The number of ether oxygens (including phenoxy) is 1. The third-order valence-corrected chi connectivity index (χ3v) is 3.62. The van der Waals surface area contributed by atoms with E-state index in [1.165, 1.54) is 16.7 Å². The Bertz CT molecular complexity index is 554. The standard InChI is InChI=1S/C18H24N2O/c1-3-17(19)13-16-12-14(2)4-5-18(16)21-11-8-15-6-9-20-10-7-15/h4-7,9-10,12,17H,3,8,11,13,19H2,1-2H3. The Labute approximate surface area is 127 Å². The van der Waals surface area contributed by atoms with Crippen LogP contribution in [-0.4, -0.2) is 17.6 Å². The molecule has 1 aromatic heterocycles. The molecule has 3 nitrogen and oxygen atoms in total. The molecule has 0 aliphatic rings. The van der Waals surface area contributed by atoms with Crippen LogP contribution in [0.1, 0.15) is 30.0 Å². The maximum atomic E-state index is 6.08. The fourth-order valence-electron chi connectivity index (χ4n) is 2.26. The second kappa shape index (κ2) is 7.79. The van der Waals surface area contributed by atoms with Crippen LogP contribution >= 0.6 is 0 Å². The van der Waals surface area contributed by atoms with Gasteiger partial charge in [-0.05, 0) is 49.1 Å². The maximum absolute atomic E-state index is 6.08. The van der Waals surface area contributed by atoms with Crippen LogP contribution in [0.2, 0.25) is 0 Å². The van der Waals surface area contributed by atoms with Crippen molar-refractivity contribution in [2.24, 2.45) is 5.73 Å². The second-order valence-electron chi connectivity index (χ2n) is 5.44. The van der Waals surface area contributed by atoms with E-state index in [4.69, 9.17) is 10.5 Å². The van der Waals surface area contributed by atoms with Gasteiger partial charge in [0.1, 0.15) is 5.75 Å². The second-order valence-corrected chi connectivity index (χ2v) is 5.44. The normalized spacial score (nSPS) is 12.1. The Morgan fingerprint density at radius 2 is 1.95 bits per heavy atom. The molecule has 1 atom stereocenters. The molecule has 0 bridgehead atoms. The molecule has 0 aliphatic carbocycles. The van der Waals surface area contributed by atoms with Crippen LogP contribution in [0.3, 0.4) is 0 Å². The van der Waals surface area contributed by atoms with Gasteiger partial charge in [-0.15, -0.1) is 0 Å². The van der Waals surface area contributed by atoms with E-state index in [2.05, 4.69) is 37.0 Å². The van der Waals surface area contributed by atoms with Crippen LogP contribution in [-0.2, 0) is 12.8 Å². The predicted octanol–water partition coefficient (Wildman–Crippen LogP) is 3.29. The summed E-state index contributed by atoms with van der Waals surface area (Å²) in [7, 11) is 0. The Hall–Kier alpha value is -1.87. The maximum Gasteiger partial charge on any atom is 0.122 e. The first-order valence-electron chi connectivity index (χ1n) is 7.56. The van der Waals surface area contributed by atoms with Crippen molar-refractivity contribution in [1.29, 1.82) is 0 Å². The molecular formula is C18H24N2O. The van der Waals surface area contributed by atoms with Crippen molar-refractivity contribution >= 4 is 0 Å². The van der Waals surface area contributed by atoms with E-state index in [1.807, 2.05) is 24.5 Å². The lowest BCUT2D eigenvalue weighted by atomic mass is 10.0. The fraction of sp³-hybridized carbons (Fsp3) is 0.389. The van der Waals surface area contributed by atoms with E-state index in [-0.39, 0.29) is 6.04 Å². The van der Waals surface area contributed by atoms with Gasteiger partial charge in [-0.1, -0.05) is 24.6 Å². The number of nitrogens with zero attached hydrogens (tertiary/aromatic N) is 1. The summed E-state index contributed by atoms with van der Waals surface area (Å²) in [4.78, 5) is 4.02. The molecule has 1 aromatic carbocycles. The molecule has 0 amide bonds. The summed E-state index contributed by atoms with van der Waals surface area (Å²) in [6, 6.07) is 10.5. The van der Waals surface area contributed by atoms with Crippen molar-refractivity contribution in [3.8, 4) is 5.75 Å². The zero-order valence-corrected chi connectivity index (χ0v) is 12.9. The summed E-state index contributed by atoms with van der Waals surface area (Å²) < 4.78 is 5.97. The molecule has 0 spiro atoms. The molecule has 1 heterocycles. The van der Waals surface area contributed by atoms with Crippen LogP contribution in [0.4, 0.5) is 0 Å². The Morgan fingerprint density at radius 1 is 1.19 bits per heavy atom. The van der Waals surface area contributed by atoms with Gasteiger partial charge in [0.25, 0.3) is 0 Å². The highest BCUT2D eigenvalue weighted by Gasteiger charge is 2.08. The van der Waals surface area contributed by atoms with Crippen molar-refractivity contribution in [3.05, 3.63) is 59.4 Å². The fourth-order valence-corrected chi connectivity index (χ4v) is 2.26. The molecule has 112 valence electrons. The van der Waals surface area contributed by atoms with Crippen LogP contribution in [0.5, 0.6) is 5.75 Å². The molecule has 1 unspecified atom stereocenters. The third kappa shape index (κ3) is 4.87. The molecular weight excluding hydrogens is 260 g/mol. The number of nitrogens with two attached hydrogens (primary N) is 1. The molecule has 0 fully saturated rings. The van der Waals surface area contributed by atoms with Crippen molar-refractivity contribution in [1.82, 2.24) is 4.98 Å². The molecule has 2 rings (SSSR count). The molecule has 2 aromatic rings. The van der Waals surface area contributed by atoms with Gasteiger partial charge in [0.15, 0.2) is 0 Å². The van der Waals surface area contributed by atoms with Gasteiger partial charge in [-0.3, -0.25) is 4.98 Å². The number of aryl methyl sites for hydroxylation is 1. The molecule has 3 heteroatoms. The van der Waals surface area contributed by atoms with Crippen molar-refractivity contribution in [2.75, 3.05) is 6.61 Å². The van der Waals surface area contributed by atoms with Gasteiger partial charge in [0.05, 0.1) is 6.61 Å². The molecule has 21 heavy (non-hydrogen) atoms. The van der Waals surface area contributed by atoms with E-state index >= 15 is 0 Å². The Morgan fingerprint density at radius 3 is 2.67 bits per heavy atom. The minimum atomic E-state index is 0.189. The van der Waals surface area contributed by atoms with E-state index in [0.29, 0.717) is 6.61 Å². The van der Waals surface area contributed by atoms with Crippen LogP contribution in [0.25, 0.3) is 0 Å². The highest BCUT2D eigenvalue weighted by atomic mass is 16.5. The minimum Gasteiger partial charge on any atom is -0.493 e. The summed E-state index contributed by atoms with van der Waals surface area (Å²) in [5.74, 6) is 0.957. The largest absolute Gasteiger partial charge is 0.493 e. The Balaban J connectivity index is 1.98. The summed E-state index contributed by atoms with van der Waals surface area (Å²) in [6.45, 7) is 4.88. The lowest BCUT2D eigenvalue weighted by Crippen LogP contribution is -2.22. The van der Waals surface area contributed by atoms with E-state index in [1.54, 1.807) is 0 Å². The highest BCUT2D eigenvalue weighted by Crippen LogP contribution is 2.22. The number of pyridine rings is 1. The smallest absolute Gasteiger partial charge is 0.122 e. The SMILES string of the molecule is CCC(N)Cc1cc(C)ccc1OCCc1ccncc1. The number of hydrogen-bond acceptors (Lipinski definition) is 3. The first kappa shape index (κ1) is 15.5. The monoisotopic (exact) mass is 284 g/mol. The number of hydrogen-bond donors (Lipinski definition) is 1. The summed E-state index contributed by atoms with van der Waals surface area (Å²) in [6.07, 6.45) is 6.35. The molecule has 2 N–H and O–H groups in total. The van der Waals surface area contributed by atoms with E-state index in [9.17, 15) is 0 Å². The molecule has 0 aliphatic heterocycles. The highest BCUT2D eigenvalue weighted by molar-refractivity contribution is 5.37. The van der Waals surface area contributed by atoms with Crippen molar-refractivity contribution in [2.45, 2.75) is 39.2 Å². The van der Waals surface area contributed by atoms with Gasteiger partial charge in [0, 0.05) is 24.9 Å². The average molecular weight is 284 g/mol. The van der Waals surface area contributed by atoms with Crippen LogP contribution in [0, 0.1) is 6.92 Å². The third-order valence-electron chi connectivity index (χ3n) is 3.62. The quantitative estimate of drug-likeness (QED) is 0.848. The lowest BCUT2D eigenvalue weighted by Gasteiger charge is -2.15. The Kier molecular flexibility index (Phi) is 5.76. The minimum absolute atomic E-state index is 0.189. The van der Waals surface area contributed by atoms with Crippen molar-refractivity contribution in [3.63, 3.8) is 0 Å². The van der Waals surface area contributed by atoms with Gasteiger partial charge in [-0.2, -0.15) is 0 Å². The summed E-state index contributed by atoms with van der Waals surface area (Å²) >= 11 is 0. The molecule has 0 radical (unpaired) electrons. The van der Waals surface area contributed by atoms with Crippen LogP contribution < -0.4 is 10.5 Å². The topological polar surface area (TPSA) is 48.1 Å². The zero-order valence-electron chi connectivity index (χ0n) is 12.9. The van der Waals surface area contributed by atoms with Crippen molar-refractivity contribution < 1.29 is 4.74 Å². The summed E-state index contributed by atoms with van der Waals surface area (Å²) in [5, 5.41) is 0. The predicted molar refractivity (Wildman–Crippen MR) is 86.6 cm³/mol. The first-order valence-corrected chi connectivity index (χ1v) is 7.56. The summed E-state index contributed by atoms with van der Waals surface area (Å²) in [5.41, 5.74) is 9.77. The van der Waals surface area contributed by atoms with Crippen LogP contribution in [0.15, 0.2) is 42.7 Å². The lowest BCUT2D eigenvalue weighted by molar-refractivity contribution is 0.317. The number of benzene rings is 1. The van der Waals surface area contributed by atoms with E-state index in [0.717, 1.165) is 25.0 Å². The van der Waals surface area contributed by atoms with Gasteiger partial charge >= 0.3 is 0 Å². The first-order chi connectivity index (χ1) is 10.2. The average Bonchev–Trinajstić information content (AvgIpc) is 2.50. The number of aromatic nitrogens is 1. The van der Waals surface area contributed by atoms with Gasteiger partial charge in [-0.25, -0.2) is 0 Å². The molecule has 0 saturated heterocycles. The van der Waals surface area contributed by atoms with E-state index < -0.39 is 0 Å².